The highest BCUT2D eigenvalue weighted by Gasteiger charge is 2.16. The van der Waals surface area contributed by atoms with E-state index in [9.17, 15) is 13.2 Å². The zero-order valence-corrected chi connectivity index (χ0v) is 13.0. The van der Waals surface area contributed by atoms with Gasteiger partial charge in [-0.15, -0.1) is 0 Å². The molecule has 1 aromatic rings. The van der Waals surface area contributed by atoms with Gasteiger partial charge in [-0.3, -0.25) is 4.79 Å². The van der Waals surface area contributed by atoms with Gasteiger partial charge in [0.1, 0.15) is 0 Å². The summed E-state index contributed by atoms with van der Waals surface area (Å²) in [6.07, 6.45) is 0. The molecule has 1 aromatic carbocycles. The lowest BCUT2D eigenvalue weighted by atomic mass is 10.2. The van der Waals surface area contributed by atoms with Gasteiger partial charge in [-0.2, -0.15) is 5.26 Å². The largest absolute Gasteiger partial charge is 0.342 e. The Morgan fingerprint density at radius 1 is 1.24 bits per heavy atom. The Balaban J connectivity index is 2.61. The van der Waals surface area contributed by atoms with E-state index in [1.807, 2.05) is 19.9 Å². The summed E-state index contributed by atoms with van der Waals surface area (Å²) in [4.78, 5) is 13.3. The molecule has 6 nitrogen and oxygen atoms in total. The predicted octanol–water partition coefficient (Wildman–Crippen LogP) is 0.846. The second-order valence-electron chi connectivity index (χ2n) is 4.45. The Kier molecular flexibility index (Phi) is 6.34. The summed E-state index contributed by atoms with van der Waals surface area (Å²) in [6.45, 7) is 4.54. The van der Waals surface area contributed by atoms with Crippen molar-refractivity contribution in [3.63, 3.8) is 0 Å². The molecule has 0 aliphatic heterocycles. The molecule has 0 aliphatic rings. The lowest BCUT2D eigenvalue weighted by Gasteiger charge is -2.18. The molecule has 114 valence electrons. The Bertz CT molecular complexity index is 614. The zero-order valence-electron chi connectivity index (χ0n) is 12.2. The van der Waals surface area contributed by atoms with Crippen LogP contribution in [-0.2, 0) is 20.6 Å². The fraction of sp³-hybridized carbons (Fsp3) is 0.429. The summed E-state index contributed by atoms with van der Waals surface area (Å²) >= 11 is 0. The monoisotopic (exact) mass is 309 g/mol. The van der Waals surface area contributed by atoms with Crippen molar-refractivity contribution >= 4 is 15.9 Å². The van der Waals surface area contributed by atoms with E-state index in [0.29, 0.717) is 24.2 Å². The number of amides is 1. The van der Waals surface area contributed by atoms with E-state index in [-0.39, 0.29) is 18.2 Å². The number of nitrogens with one attached hydrogen (secondary N) is 1. The van der Waals surface area contributed by atoms with Gasteiger partial charge >= 0.3 is 0 Å². The summed E-state index contributed by atoms with van der Waals surface area (Å²) in [7, 11) is -3.58. The molecule has 0 aromatic heterocycles. The first-order valence-electron chi connectivity index (χ1n) is 6.66. The number of nitriles is 1. The predicted molar refractivity (Wildman–Crippen MR) is 79.7 cm³/mol. The molecule has 0 fully saturated rings. The minimum absolute atomic E-state index is 0.218. The van der Waals surface area contributed by atoms with E-state index in [4.69, 9.17) is 5.26 Å². The summed E-state index contributed by atoms with van der Waals surface area (Å²) < 4.78 is 26.1. The molecule has 0 aliphatic carbocycles. The third kappa shape index (κ3) is 5.53. The Labute approximate surface area is 125 Å². The van der Waals surface area contributed by atoms with Crippen molar-refractivity contribution in [2.24, 2.45) is 0 Å². The summed E-state index contributed by atoms with van der Waals surface area (Å²) in [5.74, 6) is -0.465. The van der Waals surface area contributed by atoms with Crippen LogP contribution in [0.1, 0.15) is 25.0 Å². The fourth-order valence-corrected chi connectivity index (χ4v) is 2.88. The molecule has 0 bridgehead atoms. The summed E-state index contributed by atoms with van der Waals surface area (Å²) in [6, 6.07) is 8.26. The van der Waals surface area contributed by atoms with E-state index in [1.165, 1.54) is 0 Å². The van der Waals surface area contributed by atoms with E-state index < -0.39 is 10.0 Å². The number of carbonyl (C=O) groups is 1. The molecule has 0 radical (unpaired) electrons. The summed E-state index contributed by atoms with van der Waals surface area (Å²) in [5.41, 5.74) is 1.04. The molecule has 7 heteroatoms. The van der Waals surface area contributed by atoms with Crippen LogP contribution in [0.3, 0.4) is 0 Å². The van der Waals surface area contributed by atoms with Crippen molar-refractivity contribution in [3.8, 4) is 6.07 Å². The lowest BCUT2D eigenvalue weighted by Crippen LogP contribution is -2.40. The second kappa shape index (κ2) is 7.76. The number of sulfonamides is 1. The molecule has 0 saturated carbocycles. The van der Waals surface area contributed by atoms with Gasteiger partial charge in [0.05, 0.1) is 23.9 Å². The van der Waals surface area contributed by atoms with Crippen molar-refractivity contribution in [2.45, 2.75) is 19.6 Å². The number of likely N-dealkylation sites (N-methyl/N-ethyl adjacent to an activating group) is 1. The van der Waals surface area contributed by atoms with Gasteiger partial charge < -0.3 is 4.90 Å². The topological polar surface area (TPSA) is 90.3 Å². The van der Waals surface area contributed by atoms with Crippen molar-refractivity contribution in [2.75, 3.05) is 19.6 Å². The van der Waals surface area contributed by atoms with Crippen LogP contribution in [-0.4, -0.2) is 38.9 Å². The number of rotatable bonds is 7. The van der Waals surface area contributed by atoms with E-state index >= 15 is 0 Å². The van der Waals surface area contributed by atoms with Crippen LogP contribution in [0.5, 0.6) is 0 Å². The zero-order chi connectivity index (χ0) is 15.9. The third-order valence-electron chi connectivity index (χ3n) is 3.00. The van der Waals surface area contributed by atoms with Crippen LogP contribution in [0.25, 0.3) is 0 Å². The normalized spacial score (nSPS) is 10.9. The van der Waals surface area contributed by atoms with Crippen LogP contribution < -0.4 is 4.72 Å². The standard InChI is InChI=1S/C14H19N3O3S/c1-3-17(4-2)14(18)10-16-21(19,20)11-13-7-5-12(9-15)6-8-13/h5-8,16H,3-4,10-11H2,1-2H3. The first-order valence-corrected chi connectivity index (χ1v) is 8.31. The molecule has 0 unspecified atom stereocenters. The molecule has 0 spiro atoms. The minimum Gasteiger partial charge on any atom is -0.342 e. The Hall–Kier alpha value is -1.91. The van der Waals surface area contributed by atoms with Crippen LogP contribution in [0.4, 0.5) is 0 Å². The van der Waals surface area contributed by atoms with E-state index in [1.54, 1.807) is 29.2 Å². The first kappa shape index (κ1) is 17.1. The van der Waals surface area contributed by atoms with Gasteiger partial charge in [-0.05, 0) is 31.5 Å². The second-order valence-corrected chi connectivity index (χ2v) is 6.26. The van der Waals surface area contributed by atoms with Crippen LogP contribution in [0.15, 0.2) is 24.3 Å². The SMILES string of the molecule is CCN(CC)C(=O)CNS(=O)(=O)Cc1ccc(C#N)cc1. The first-order chi connectivity index (χ1) is 9.91. The van der Waals surface area contributed by atoms with Gasteiger partial charge in [-0.1, -0.05) is 12.1 Å². The van der Waals surface area contributed by atoms with E-state index in [2.05, 4.69) is 4.72 Å². The molecule has 0 heterocycles. The van der Waals surface area contributed by atoms with Gasteiger partial charge in [0.25, 0.3) is 0 Å². The number of benzene rings is 1. The van der Waals surface area contributed by atoms with Gasteiger partial charge in [0.2, 0.25) is 15.9 Å². The Morgan fingerprint density at radius 3 is 2.29 bits per heavy atom. The third-order valence-corrected chi connectivity index (χ3v) is 4.30. The molecule has 21 heavy (non-hydrogen) atoms. The smallest absolute Gasteiger partial charge is 0.237 e. The maximum Gasteiger partial charge on any atom is 0.237 e. The average Bonchev–Trinajstić information content (AvgIpc) is 2.47. The molecule has 0 atom stereocenters. The highest BCUT2D eigenvalue weighted by Crippen LogP contribution is 2.07. The molecular formula is C14H19N3O3S. The van der Waals surface area contributed by atoms with Crippen molar-refractivity contribution in [1.29, 1.82) is 5.26 Å². The Morgan fingerprint density at radius 2 is 1.81 bits per heavy atom. The van der Waals surface area contributed by atoms with Gasteiger partial charge in [0, 0.05) is 13.1 Å². The maximum absolute atomic E-state index is 11.9. The van der Waals surface area contributed by atoms with Gasteiger partial charge in [-0.25, -0.2) is 13.1 Å². The molecule has 1 amide bonds. The highest BCUT2D eigenvalue weighted by atomic mass is 32.2. The molecule has 1 N–H and O–H groups in total. The maximum atomic E-state index is 11.9. The minimum atomic E-state index is -3.58. The highest BCUT2D eigenvalue weighted by molar-refractivity contribution is 7.88. The number of hydrogen-bond acceptors (Lipinski definition) is 4. The van der Waals surface area contributed by atoms with Crippen LogP contribution in [0, 0.1) is 11.3 Å². The van der Waals surface area contributed by atoms with Gasteiger partial charge in [0.15, 0.2) is 0 Å². The molecular weight excluding hydrogens is 290 g/mol. The number of carbonyl (C=O) groups excluding carboxylic acids is 1. The lowest BCUT2D eigenvalue weighted by molar-refractivity contribution is -0.129. The molecule has 1 rings (SSSR count). The summed E-state index contributed by atoms with van der Waals surface area (Å²) in [5, 5.41) is 8.68. The van der Waals surface area contributed by atoms with Crippen molar-refractivity contribution in [1.82, 2.24) is 9.62 Å². The van der Waals surface area contributed by atoms with Crippen molar-refractivity contribution in [3.05, 3.63) is 35.4 Å². The number of hydrogen-bond donors (Lipinski definition) is 1. The van der Waals surface area contributed by atoms with E-state index in [0.717, 1.165) is 0 Å². The van der Waals surface area contributed by atoms with Crippen LogP contribution >= 0.6 is 0 Å². The fourth-order valence-electron chi connectivity index (χ4n) is 1.81. The quantitative estimate of drug-likeness (QED) is 0.808. The van der Waals surface area contributed by atoms with Crippen molar-refractivity contribution < 1.29 is 13.2 Å². The molecule has 0 saturated heterocycles. The average molecular weight is 309 g/mol. The van der Waals surface area contributed by atoms with Crippen LogP contribution in [0.2, 0.25) is 0 Å². The number of nitrogens with zero attached hydrogens (tertiary/aromatic N) is 2.